The second-order valence-corrected chi connectivity index (χ2v) is 4.49. The summed E-state index contributed by atoms with van der Waals surface area (Å²) in [6, 6.07) is 3.86. The maximum Gasteiger partial charge on any atom is 0.258 e. The molecule has 1 saturated heterocycles. The van der Waals surface area contributed by atoms with Gasteiger partial charge in [0.2, 0.25) is 0 Å². The highest BCUT2D eigenvalue weighted by molar-refractivity contribution is 5.43. The standard InChI is InChI=1S/C11H12F2N2/c1-7-2-3-10(14-4-7)15-5-8-9(6-15)11(8,12)13/h2-4,8-9H,5-6H2,1H3. The van der Waals surface area contributed by atoms with Gasteiger partial charge in [-0.2, -0.15) is 0 Å². The number of halogens is 2. The van der Waals surface area contributed by atoms with Gasteiger partial charge in [0, 0.05) is 19.3 Å². The number of pyridine rings is 1. The average Bonchev–Trinajstić information content (AvgIpc) is 2.64. The third-order valence-corrected chi connectivity index (χ3v) is 3.42. The Balaban J connectivity index is 1.75. The molecule has 0 N–H and O–H groups in total. The monoisotopic (exact) mass is 210 g/mol. The predicted octanol–water partition coefficient (Wildman–Crippen LogP) is 2.09. The number of aryl methyl sites for hydroxylation is 1. The zero-order valence-corrected chi connectivity index (χ0v) is 8.45. The normalized spacial score (nSPS) is 31.5. The van der Waals surface area contributed by atoms with Crippen molar-refractivity contribution < 1.29 is 8.78 Å². The van der Waals surface area contributed by atoms with Crippen molar-refractivity contribution in [3.8, 4) is 0 Å². The number of anilines is 1. The highest BCUT2D eigenvalue weighted by Crippen LogP contribution is 2.59. The summed E-state index contributed by atoms with van der Waals surface area (Å²) in [7, 11) is 0. The minimum absolute atomic E-state index is 0.430. The summed E-state index contributed by atoms with van der Waals surface area (Å²) in [6.45, 7) is 2.87. The summed E-state index contributed by atoms with van der Waals surface area (Å²) in [5, 5.41) is 0. The first-order valence-corrected chi connectivity index (χ1v) is 5.14. The quantitative estimate of drug-likeness (QED) is 0.705. The van der Waals surface area contributed by atoms with E-state index in [0.29, 0.717) is 13.1 Å². The number of fused-ring (bicyclic) bond motifs is 1. The van der Waals surface area contributed by atoms with E-state index in [1.165, 1.54) is 0 Å². The number of hydrogen-bond acceptors (Lipinski definition) is 2. The minimum atomic E-state index is -2.40. The molecule has 15 heavy (non-hydrogen) atoms. The highest BCUT2D eigenvalue weighted by Gasteiger charge is 2.71. The van der Waals surface area contributed by atoms with Crippen LogP contribution in [0.5, 0.6) is 0 Å². The topological polar surface area (TPSA) is 16.1 Å². The molecule has 2 fully saturated rings. The van der Waals surface area contributed by atoms with E-state index in [4.69, 9.17) is 0 Å². The molecule has 2 aliphatic rings. The molecule has 0 spiro atoms. The largest absolute Gasteiger partial charge is 0.356 e. The van der Waals surface area contributed by atoms with Crippen LogP contribution in [0.25, 0.3) is 0 Å². The van der Waals surface area contributed by atoms with Gasteiger partial charge in [-0.15, -0.1) is 0 Å². The first kappa shape index (κ1) is 9.07. The van der Waals surface area contributed by atoms with E-state index in [1.807, 2.05) is 24.0 Å². The molecule has 4 heteroatoms. The van der Waals surface area contributed by atoms with E-state index in [9.17, 15) is 8.78 Å². The second kappa shape index (κ2) is 2.68. The summed E-state index contributed by atoms with van der Waals surface area (Å²) in [5.74, 6) is -2.44. The fourth-order valence-electron chi connectivity index (χ4n) is 2.34. The van der Waals surface area contributed by atoms with Gasteiger partial charge in [-0.3, -0.25) is 0 Å². The summed E-state index contributed by atoms with van der Waals surface area (Å²) in [4.78, 5) is 6.19. The smallest absolute Gasteiger partial charge is 0.258 e. The molecule has 2 atom stereocenters. The van der Waals surface area contributed by atoms with Crippen molar-refractivity contribution >= 4 is 5.82 Å². The Kier molecular flexibility index (Phi) is 1.62. The van der Waals surface area contributed by atoms with Crippen LogP contribution in [0.15, 0.2) is 18.3 Å². The molecule has 2 heterocycles. The van der Waals surface area contributed by atoms with Gasteiger partial charge >= 0.3 is 0 Å². The van der Waals surface area contributed by atoms with Crippen molar-refractivity contribution in [2.75, 3.05) is 18.0 Å². The van der Waals surface area contributed by atoms with E-state index in [1.54, 1.807) is 6.20 Å². The van der Waals surface area contributed by atoms with Gasteiger partial charge < -0.3 is 4.90 Å². The molecular formula is C11H12F2N2. The fraction of sp³-hybridized carbons (Fsp3) is 0.545. The number of nitrogens with zero attached hydrogens (tertiary/aromatic N) is 2. The number of hydrogen-bond donors (Lipinski definition) is 0. The molecule has 0 radical (unpaired) electrons. The van der Waals surface area contributed by atoms with Crippen LogP contribution < -0.4 is 4.90 Å². The summed E-state index contributed by atoms with van der Waals surface area (Å²) in [6.07, 6.45) is 1.78. The zero-order chi connectivity index (χ0) is 10.6. The lowest BCUT2D eigenvalue weighted by Gasteiger charge is -2.20. The van der Waals surface area contributed by atoms with Gasteiger partial charge in [-0.1, -0.05) is 6.07 Å². The van der Waals surface area contributed by atoms with Crippen LogP contribution >= 0.6 is 0 Å². The van der Waals surface area contributed by atoms with E-state index in [0.717, 1.165) is 11.4 Å². The van der Waals surface area contributed by atoms with Crippen LogP contribution in [0.4, 0.5) is 14.6 Å². The predicted molar refractivity (Wildman–Crippen MR) is 53.1 cm³/mol. The Morgan fingerprint density at radius 2 is 2.00 bits per heavy atom. The Hall–Kier alpha value is -1.19. The third-order valence-electron chi connectivity index (χ3n) is 3.42. The molecule has 2 nitrogen and oxygen atoms in total. The average molecular weight is 210 g/mol. The van der Waals surface area contributed by atoms with Crippen molar-refractivity contribution in [1.29, 1.82) is 0 Å². The van der Waals surface area contributed by atoms with Crippen LogP contribution in [0.1, 0.15) is 5.56 Å². The molecule has 0 amide bonds. The molecule has 1 aliphatic carbocycles. The molecular weight excluding hydrogens is 198 g/mol. The Morgan fingerprint density at radius 1 is 1.33 bits per heavy atom. The molecule has 0 aromatic carbocycles. The maximum atomic E-state index is 12.9. The molecule has 1 aromatic rings. The first-order chi connectivity index (χ1) is 7.09. The number of alkyl halides is 2. The van der Waals surface area contributed by atoms with E-state index >= 15 is 0 Å². The van der Waals surface area contributed by atoms with Crippen LogP contribution in [-0.2, 0) is 0 Å². The van der Waals surface area contributed by atoms with Gasteiger partial charge in [0.1, 0.15) is 5.82 Å². The van der Waals surface area contributed by atoms with Gasteiger partial charge in [-0.25, -0.2) is 13.8 Å². The molecule has 3 rings (SSSR count). The summed E-state index contributed by atoms with van der Waals surface area (Å²) >= 11 is 0. The lowest BCUT2D eigenvalue weighted by Crippen LogP contribution is -2.27. The SMILES string of the molecule is Cc1ccc(N2CC3C(C2)C3(F)F)nc1. The first-order valence-electron chi connectivity index (χ1n) is 5.14. The second-order valence-electron chi connectivity index (χ2n) is 4.49. The van der Waals surface area contributed by atoms with Gasteiger partial charge in [0.25, 0.3) is 5.92 Å². The lowest BCUT2D eigenvalue weighted by atomic mass is 10.3. The van der Waals surface area contributed by atoms with Crippen molar-refractivity contribution in [1.82, 2.24) is 4.98 Å². The highest BCUT2D eigenvalue weighted by atomic mass is 19.3. The maximum absolute atomic E-state index is 12.9. The van der Waals surface area contributed by atoms with Crippen LogP contribution in [0, 0.1) is 18.8 Å². The molecule has 80 valence electrons. The van der Waals surface area contributed by atoms with Crippen LogP contribution in [-0.4, -0.2) is 24.0 Å². The van der Waals surface area contributed by atoms with E-state index in [2.05, 4.69) is 4.98 Å². The van der Waals surface area contributed by atoms with Crippen LogP contribution in [0.3, 0.4) is 0 Å². The lowest BCUT2D eigenvalue weighted by molar-refractivity contribution is 0.0797. The third kappa shape index (κ3) is 1.24. The number of aromatic nitrogens is 1. The number of rotatable bonds is 1. The Labute approximate surface area is 86.9 Å². The molecule has 1 saturated carbocycles. The Morgan fingerprint density at radius 3 is 2.53 bits per heavy atom. The minimum Gasteiger partial charge on any atom is -0.356 e. The van der Waals surface area contributed by atoms with Gasteiger partial charge in [-0.05, 0) is 18.6 Å². The molecule has 1 aliphatic heterocycles. The molecule has 0 bridgehead atoms. The number of piperidine rings is 1. The summed E-state index contributed by atoms with van der Waals surface area (Å²) in [5.41, 5.74) is 1.09. The van der Waals surface area contributed by atoms with E-state index < -0.39 is 17.8 Å². The van der Waals surface area contributed by atoms with Gasteiger partial charge in [0.15, 0.2) is 0 Å². The van der Waals surface area contributed by atoms with E-state index in [-0.39, 0.29) is 0 Å². The zero-order valence-electron chi connectivity index (χ0n) is 8.45. The molecule has 1 aromatic heterocycles. The Bertz CT molecular complexity index is 374. The molecule has 2 unspecified atom stereocenters. The fourth-order valence-corrected chi connectivity index (χ4v) is 2.34. The van der Waals surface area contributed by atoms with Gasteiger partial charge in [0.05, 0.1) is 11.8 Å². The summed E-state index contributed by atoms with van der Waals surface area (Å²) < 4.78 is 25.9. The van der Waals surface area contributed by atoms with Crippen molar-refractivity contribution in [2.45, 2.75) is 12.8 Å². The van der Waals surface area contributed by atoms with Crippen molar-refractivity contribution in [2.24, 2.45) is 11.8 Å². The van der Waals surface area contributed by atoms with Crippen molar-refractivity contribution in [3.05, 3.63) is 23.9 Å². The van der Waals surface area contributed by atoms with Crippen molar-refractivity contribution in [3.63, 3.8) is 0 Å². The van der Waals surface area contributed by atoms with Crippen LogP contribution in [0.2, 0.25) is 0 Å².